The van der Waals surface area contributed by atoms with Crippen LogP contribution in [0.25, 0.3) is 11.1 Å². The number of ether oxygens (including phenoxy) is 1. The van der Waals surface area contributed by atoms with Crippen molar-refractivity contribution < 1.29 is 34.7 Å². The molecule has 8 rings (SSSR count). The molecule has 0 radical (unpaired) electrons. The number of halogens is 4. The number of nitrogens with one attached hydrogen (secondary N) is 2. The van der Waals surface area contributed by atoms with Crippen molar-refractivity contribution in [2.75, 3.05) is 61.7 Å². The van der Waals surface area contributed by atoms with Crippen LogP contribution in [0.4, 0.5) is 24.8 Å². The minimum atomic E-state index is -6.00. The number of rotatable bonds is 16. The predicted molar refractivity (Wildman–Crippen MR) is 247 cm³/mol. The summed E-state index contributed by atoms with van der Waals surface area (Å²) in [4.78, 5) is 6.10. The molecule has 3 unspecified atom stereocenters. The summed E-state index contributed by atoms with van der Waals surface area (Å²) < 4.78 is 106. The third kappa shape index (κ3) is 11.3. The topological polar surface area (TPSA) is 142 Å². The lowest BCUT2D eigenvalue weighted by Crippen LogP contribution is -2.50. The maximum Gasteiger partial charge on any atom is 0.501 e. The van der Waals surface area contributed by atoms with Gasteiger partial charge in [0.1, 0.15) is 10.7 Å². The van der Waals surface area contributed by atoms with Gasteiger partial charge in [-0.2, -0.15) is 13.2 Å². The number of nitrogens with zero attached hydrogens (tertiary/aromatic N) is 6. The molecular formula is C45H52ClF3N8O5S3. The molecule has 0 saturated carbocycles. The highest BCUT2D eigenvalue weighted by molar-refractivity contribution is 7.99. The third-order valence-electron chi connectivity index (χ3n) is 12.4. The summed E-state index contributed by atoms with van der Waals surface area (Å²) in [6.07, 6.45) is 2.32. The monoisotopic (exact) mass is 972 g/mol. The van der Waals surface area contributed by atoms with E-state index >= 15 is 0 Å². The van der Waals surface area contributed by atoms with E-state index in [0.29, 0.717) is 81.6 Å². The Morgan fingerprint density at radius 1 is 0.892 bits per heavy atom. The summed E-state index contributed by atoms with van der Waals surface area (Å²) in [5, 5.41) is 12.2. The molecule has 348 valence electrons. The number of hydrogen-bond acceptors (Lipinski definition) is 12. The zero-order valence-electron chi connectivity index (χ0n) is 35.8. The first-order valence-electron chi connectivity index (χ1n) is 21.6. The number of likely N-dealkylation sites (tertiary alicyclic amines) is 1. The van der Waals surface area contributed by atoms with Crippen LogP contribution in [0.5, 0.6) is 0 Å². The van der Waals surface area contributed by atoms with Crippen molar-refractivity contribution in [2.45, 2.75) is 84.1 Å². The van der Waals surface area contributed by atoms with Gasteiger partial charge in [-0.1, -0.05) is 66.2 Å². The van der Waals surface area contributed by atoms with Gasteiger partial charge < -0.3 is 10.1 Å². The average Bonchev–Trinajstić information content (AvgIpc) is 3.69. The van der Waals surface area contributed by atoms with Crippen molar-refractivity contribution in [3.8, 4) is 11.1 Å². The molecule has 2 fully saturated rings. The average molecular weight is 974 g/mol. The number of sulfone groups is 1. The molecule has 2 N–H and O–H groups in total. The van der Waals surface area contributed by atoms with Crippen LogP contribution in [0, 0.1) is 0 Å². The Labute approximate surface area is 387 Å². The van der Waals surface area contributed by atoms with Gasteiger partial charge in [-0.25, -0.2) is 21.6 Å². The first-order chi connectivity index (χ1) is 31.1. The first-order valence-corrected chi connectivity index (χ1v) is 25.9. The molecule has 20 heteroatoms. The number of fused-ring (bicyclic) bond motifs is 1. The highest BCUT2D eigenvalue weighted by atomic mass is 35.5. The summed E-state index contributed by atoms with van der Waals surface area (Å²) in [7, 11) is -10.6. The second kappa shape index (κ2) is 20.3. The lowest BCUT2D eigenvalue weighted by molar-refractivity contribution is -0.0435. The standard InChI is InChI=1S/C45H52ClF3N8O5S3/c1-32-27-37(18-20-55(32)29-34-7-5-6-10-40(34)33-11-13-35(46)14-12-33)56-21-22-57-43(30-56)51-52-44(57)53-65(60,61)39-15-16-41(42(28-39)64(58,59)45(47,48)49)50-36(17-19-54-23-25-62-26-24-54)31-63-38-8-3-2-4-9-38/h2-16,28,32,36-37,50H,17-27,29-31H2,1H3,(H,52,53). The highest BCUT2D eigenvalue weighted by Crippen LogP contribution is 2.37. The van der Waals surface area contributed by atoms with E-state index in [2.05, 4.69) is 60.1 Å². The fourth-order valence-corrected chi connectivity index (χ4v) is 11.9. The van der Waals surface area contributed by atoms with Gasteiger partial charge >= 0.3 is 5.51 Å². The Balaban J connectivity index is 0.946. The molecule has 0 bridgehead atoms. The van der Waals surface area contributed by atoms with Gasteiger partial charge in [-0.15, -0.1) is 22.0 Å². The quantitative estimate of drug-likeness (QED) is 0.0931. The molecule has 0 aliphatic carbocycles. The number of thioether (sulfide) groups is 1. The van der Waals surface area contributed by atoms with Crippen LogP contribution >= 0.6 is 23.4 Å². The number of hydrogen-bond donors (Lipinski definition) is 2. The predicted octanol–water partition coefficient (Wildman–Crippen LogP) is 7.86. The van der Waals surface area contributed by atoms with Crippen LogP contribution in [0.3, 0.4) is 0 Å². The molecule has 0 spiro atoms. The maximum atomic E-state index is 14.3. The second-order valence-electron chi connectivity index (χ2n) is 16.6. The van der Waals surface area contributed by atoms with Gasteiger partial charge in [0, 0.05) is 79.6 Å². The van der Waals surface area contributed by atoms with E-state index in [0.717, 1.165) is 48.5 Å². The van der Waals surface area contributed by atoms with Crippen molar-refractivity contribution in [2.24, 2.45) is 0 Å². The molecule has 4 aromatic carbocycles. The van der Waals surface area contributed by atoms with Gasteiger partial charge in [0.15, 0.2) is 0 Å². The van der Waals surface area contributed by atoms with Crippen LogP contribution in [0.15, 0.2) is 112 Å². The molecule has 4 heterocycles. The van der Waals surface area contributed by atoms with Gasteiger partial charge in [0.2, 0.25) is 5.95 Å². The molecule has 3 aliphatic rings. The van der Waals surface area contributed by atoms with Crippen molar-refractivity contribution >= 4 is 54.9 Å². The minimum Gasteiger partial charge on any atom is -0.380 e. The SMILES string of the molecule is CC1CC(N2CCn3c(nnc3NS(=O)(=O)c3ccc(NC(CCN4CCOCC4)CSc4ccccc4)c(S(=O)(=O)C(F)(F)F)c3)C2)CCN1Cc1ccccc1-c1ccc(Cl)cc1. The van der Waals surface area contributed by atoms with Crippen LogP contribution in [0.1, 0.15) is 37.6 Å². The van der Waals surface area contributed by atoms with E-state index in [1.807, 2.05) is 60.7 Å². The van der Waals surface area contributed by atoms with Gasteiger partial charge in [-0.05, 0) is 85.3 Å². The zero-order chi connectivity index (χ0) is 45.8. The largest absolute Gasteiger partial charge is 0.501 e. The molecule has 5 aromatic rings. The van der Waals surface area contributed by atoms with E-state index in [1.54, 1.807) is 4.57 Å². The number of anilines is 2. The molecule has 65 heavy (non-hydrogen) atoms. The Morgan fingerprint density at radius 3 is 2.37 bits per heavy atom. The number of piperidine rings is 1. The minimum absolute atomic E-state index is 0.106. The van der Waals surface area contributed by atoms with E-state index < -0.39 is 41.2 Å². The van der Waals surface area contributed by atoms with E-state index in [-0.39, 0.29) is 23.7 Å². The molecule has 3 atom stereocenters. The molecule has 3 aliphatic heterocycles. The Hall–Kier alpha value is -4.21. The van der Waals surface area contributed by atoms with E-state index in [9.17, 15) is 30.0 Å². The normalized spacial score (nSPS) is 19.7. The molecule has 2 saturated heterocycles. The summed E-state index contributed by atoms with van der Waals surface area (Å²) in [6, 6.07) is 28.6. The van der Waals surface area contributed by atoms with Crippen molar-refractivity contribution in [3.63, 3.8) is 0 Å². The van der Waals surface area contributed by atoms with Crippen molar-refractivity contribution in [3.05, 3.63) is 113 Å². The number of aromatic nitrogens is 3. The van der Waals surface area contributed by atoms with Crippen LogP contribution in [-0.2, 0) is 44.2 Å². The number of sulfonamides is 1. The summed E-state index contributed by atoms with van der Waals surface area (Å²) in [5.74, 6) is 0.832. The molecule has 13 nitrogen and oxygen atoms in total. The first kappa shape index (κ1) is 47.3. The number of morpholine rings is 1. The Morgan fingerprint density at radius 2 is 1.63 bits per heavy atom. The summed E-state index contributed by atoms with van der Waals surface area (Å²) in [5.41, 5.74) is -2.51. The second-order valence-corrected chi connectivity index (χ2v) is 21.8. The summed E-state index contributed by atoms with van der Waals surface area (Å²) in [6.45, 7) is 8.43. The van der Waals surface area contributed by atoms with E-state index in [1.165, 1.54) is 22.9 Å². The van der Waals surface area contributed by atoms with Crippen molar-refractivity contribution in [1.82, 2.24) is 29.5 Å². The van der Waals surface area contributed by atoms with Crippen LogP contribution in [0.2, 0.25) is 5.02 Å². The highest BCUT2D eigenvalue weighted by Gasteiger charge is 2.48. The number of alkyl halides is 3. The van der Waals surface area contributed by atoms with Crippen LogP contribution in [-0.4, -0.2) is 122 Å². The Bertz CT molecular complexity index is 2640. The fourth-order valence-electron chi connectivity index (χ4n) is 8.72. The maximum absolute atomic E-state index is 14.3. The van der Waals surface area contributed by atoms with Crippen molar-refractivity contribution in [1.29, 1.82) is 0 Å². The van der Waals surface area contributed by atoms with E-state index in [4.69, 9.17) is 16.3 Å². The third-order valence-corrected chi connectivity index (χ3v) is 16.6. The fraction of sp³-hybridized carbons (Fsp3) is 0.422. The van der Waals surface area contributed by atoms with Gasteiger partial charge in [-0.3, -0.25) is 19.3 Å². The Kier molecular flexibility index (Phi) is 14.8. The van der Waals surface area contributed by atoms with Gasteiger partial charge in [0.05, 0.1) is 30.3 Å². The zero-order valence-corrected chi connectivity index (χ0v) is 39.0. The molecule has 1 aromatic heterocycles. The summed E-state index contributed by atoms with van der Waals surface area (Å²) >= 11 is 7.63. The lowest BCUT2D eigenvalue weighted by Gasteiger charge is -2.43. The van der Waals surface area contributed by atoms with Crippen LogP contribution < -0.4 is 10.0 Å². The number of benzene rings is 4. The smallest absolute Gasteiger partial charge is 0.380 e. The molecule has 0 amide bonds. The molecular weight excluding hydrogens is 921 g/mol. The van der Waals surface area contributed by atoms with Gasteiger partial charge in [0.25, 0.3) is 19.9 Å². The lowest BCUT2D eigenvalue weighted by atomic mass is 9.94.